The fourth-order valence-corrected chi connectivity index (χ4v) is 4.72. The lowest BCUT2D eigenvalue weighted by atomic mass is 10.0. The van der Waals surface area contributed by atoms with Crippen LogP contribution in [-0.4, -0.2) is 160 Å². The fraction of sp³-hybridized carbons (Fsp3) is 0.852. The summed E-state index contributed by atoms with van der Waals surface area (Å²) < 4.78 is 21.4. The van der Waals surface area contributed by atoms with Gasteiger partial charge in [0.15, 0.2) is 12.6 Å². The molecule has 0 radical (unpaired) electrons. The topological polar surface area (TPSA) is 283 Å². The van der Waals surface area contributed by atoms with E-state index in [0.29, 0.717) is 6.29 Å². The minimum absolute atomic E-state index is 0.0249. The predicted molar refractivity (Wildman–Crippen MR) is 150 cm³/mol. The minimum atomic E-state index is -1.53. The first kappa shape index (κ1) is 38.8. The largest absolute Gasteiger partial charge is 0.480 e. The number of carbonyl (C=O) groups is 4. The van der Waals surface area contributed by atoms with Gasteiger partial charge in [0.05, 0.1) is 31.5 Å². The number of aliphatic hydroxyl groups excluding tert-OH is 6. The molecule has 0 aliphatic carbocycles. The van der Waals surface area contributed by atoms with Crippen molar-refractivity contribution in [2.75, 3.05) is 26.3 Å². The van der Waals surface area contributed by atoms with Crippen molar-refractivity contribution in [2.24, 2.45) is 0 Å². The molecule has 260 valence electrons. The minimum Gasteiger partial charge on any atom is -0.480 e. The Labute approximate surface area is 260 Å². The van der Waals surface area contributed by atoms with Crippen LogP contribution < -0.4 is 16.0 Å². The molecule has 45 heavy (non-hydrogen) atoms. The molecule has 2 aliphatic rings. The second kappa shape index (κ2) is 19.3. The third-order valence-corrected chi connectivity index (χ3v) is 7.50. The number of nitrogens with one attached hydrogen (secondary N) is 3. The lowest BCUT2D eigenvalue weighted by Gasteiger charge is -2.38. The van der Waals surface area contributed by atoms with Gasteiger partial charge in [0.2, 0.25) is 11.8 Å². The number of hydrogen-bond donors (Lipinski definition) is 10. The smallest absolute Gasteiger partial charge is 0.320 e. The molecule has 0 aromatic rings. The number of aliphatic carboxylic acids is 1. The van der Waals surface area contributed by atoms with Crippen LogP contribution in [-0.2, 0) is 38.1 Å². The molecule has 12 atom stereocenters. The van der Waals surface area contributed by atoms with Gasteiger partial charge in [0.25, 0.3) is 0 Å². The summed E-state index contributed by atoms with van der Waals surface area (Å²) in [5.41, 5.74) is 0. The van der Waals surface area contributed by atoms with Crippen molar-refractivity contribution in [2.45, 2.75) is 119 Å². The van der Waals surface area contributed by atoms with Crippen molar-refractivity contribution in [3.05, 3.63) is 0 Å². The van der Waals surface area contributed by atoms with Crippen molar-refractivity contribution in [3.63, 3.8) is 0 Å². The van der Waals surface area contributed by atoms with Crippen molar-refractivity contribution in [3.8, 4) is 0 Å². The van der Waals surface area contributed by atoms with Crippen LogP contribution >= 0.6 is 0 Å². The van der Waals surface area contributed by atoms with E-state index in [1.807, 2.05) is 0 Å². The van der Waals surface area contributed by atoms with Gasteiger partial charge < -0.3 is 70.1 Å². The Morgan fingerprint density at radius 1 is 0.756 bits per heavy atom. The van der Waals surface area contributed by atoms with E-state index in [1.165, 1.54) is 13.8 Å². The summed E-state index contributed by atoms with van der Waals surface area (Å²) in [5.74, 6) is -2.40. The molecule has 2 amide bonds. The molecule has 2 rings (SSSR count). The highest BCUT2D eigenvalue weighted by molar-refractivity contribution is 5.84. The average molecular weight is 654 g/mol. The van der Waals surface area contributed by atoms with E-state index in [1.54, 1.807) is 0 Å². The molecule has 0 saturated carbocycles. The number of aldehydes is 1. The van der Waals surface area contributed by atoms with Crippen LogP contribution in [0.1, 0.15) is 46.0 Å². The normalized spacial score (nSPS) is 33.2. The molecule has 0 bridgehead atoms. The summed E-state index contributed by atoms with van der Waals surface area (Å²) >= 11 is 0. The summed E-state index contributed by atoms with van der Waals surface area (Å²) in [4.78, 5) is 47.9. The summed E-state index contributed by atoms with van der Waals surface area (Å²) in [5, 5.41) is 76.8. The fourth-order valence-electron chi connectivity index (χ4n) is 4.72. The Kier molecular flexibility index (Phi) is 16.7. The van der Waals surface area contributed by atoms with Gasteiger partial charge in [-0.25, -0.2) is 0 Å². The second-order valence-corrected chi connectivity index (χ2v) is 11.0. The van der Waals surface area contributed by atoms with Crippen LogP contribution in [0.15, 0.2) is 0 Å². The number of carboxylic acids is 1. The number of rotatable bonds is 19. The Morgan fingerprint density at radius 3 is 1.76 bits per heavy atom. The van der Waals surface area contributed by atoms with Crippen molar-refractivity contribution in [1.29, 1.82) is 0 Å². The molecule has 10 N–H and O–H groups in total. The molecule has 2 fully saturated rings. The number of unbranched alkanes of at least 4 members (excludes halogenated alkanes) is 1. The Balaban J connectivity index is 1.87. The van der Waals surface area contributed by atoms with Crippen LogP contribution in [0.2, 0.25) is 0 Å². The van der Waals surface area contributed by atoms with Crippen LogP contribution in [0.5, 0.6) is 0 Å². The third kappa shape index (κ3) is 12.1. The molecule has 2 aliphatic heterocycles. The van der Waals surface area contributed by atoms with E-state index in [9.17, 15) is 54.9 Å². The third-order valence-electron chi connectivity index (χ3n) is 7.50. The van der Waals surface area contributed by atoms with E-state index in [-0.39, 0.29) is 58.4 Å². The van der Waals surface area contributed by atoms with Gasteiger partial charge in [-0.2, -0.15) is 0 Å². The SMILES string of the molecule is C[C@@H]1O[C@@H](OCCNC(=O)CC[C@H](NC(CCCC=O)C(=O)O)C(=O)NCCO[C@@H]2O[C@@H](C)[C@@H](O)[C@@H](O)[C@@H]2O)[C@@H](O)[C@H](O)[C@@H]1O. The van der Waals surface area contributed by atoms with Gasteiger partial charge in [0, 0.05) is 25.9 Å². The lowest BCUT2D eigenvalue weighted by molar-refractivity contribution is -0.292. The van der Waals surface area contributed by atoms with Crippen molar-refractivity contribution >= 4 is 24.1 Å². The van der Waals surface area contributed by atoms with E-state index >= 15 is 0 Å². The molecule has 0 aromatic carbocycles. The quantitative estimate of drug-likeness (QED) is 0.0464. The zero-order valence-electron chi connectivity index (χ0n) is 25.3. The summed E-state index contributed by atoms with van der Waals surface area (Å²) in [7, 11) is 0. The van der Waals surface area contributed by atoms with E-state index in [2.05, 4.69) is 16.0 Å². The van der Waals surface area contributed by atoms with E-state index in [4.69, 9.17) is 18.9 Å². The Hall–Kier alpha value is -2.36. The van der Waals surface area contributed by atoms with E-state index in [0.717, 1.165) is 0 Å². The Bertz CT molecular complexity index is 945. The van der Waals surface area contributed by atoms with Gasteiger partial charge >= 0.3 is 5.97 Å². The van der Waals surface area contributed by atoms with Crippen LogP contribution in [0.4, 0.5) is 0 Å². The molecule has 1 unspecified atom stereocenters. The average Bonchev–Trinajstić information content (AvgIpc) is 3.00. The number of hydrogen-bond acceptors (Lipinski definition) is 15. The first-order valence-electron chi connectivity index (χ1n) is 14.9. The summed E-state index contributed by atoms with van der Waals surface area (Å²) in [6.45, 7) is 2.56. The monoisotopic (exact) mass is 653 g/mol. The second-order valence-electron chi connectivity index (χ2n) is 11.0. The predicted octanol–water partition coefficient (Wildman–Crippen LogP) is -4.53. The molecule has 2 saturated heterocycles. The Morgan fingerprint density at radius 2 is 1.27 bits per heavy atom. The number of ether oxygens (including phenoxy) is 4. The highest BCUT2D eigenvalue weighted by Crippen LogP contribution is 2.22. The summed E-state index contributed by atoms with van der Waals surface area (Å²) in [6.07, 6.45) is -11.9. The molecule has 0 aromatic heterocycles. The van der Waals surface area contributed by atoms with Gasteiger partial charge in [-0.05, 0) is 33.1 Å². The maximum absolute atomic E-state index is 13.0. The maximum atomic E-state index is 13.0. The van der Waals surface area contributed by atoms with Gasteiger partial charge in [-0.3, -0.25) is 19.7 Å². The standard InChI is InChI=1S/C27H47N3O15/c1-13-18(33)20(35)22(37)26(44-13)42-11-8-28-17(32)7-6-15(30-16(25(40)41)5-3-4-10-31)24(39)29-9-12-43-27-23(38)21(36)19(34)14(2)45-27/h10,13-16,18-23,26-27,30,33-38H,3-9,11-12H2,1-2H3,(H,28,32)(H,29,39)(H,40,41)/t13-,14-,15-,16?,18+,19+,20+,21+,22-,23-,26+,27+/m0/s1. The van der Waals surface area contributed by atoms with E-state index < -0.39 is 91.3 Å². The first-order valence-corrected chi connectivity index (χ1v) is 14.9. The summed E-state index contributed by atoms with van der Waals surface area (Å²) in [6, 6.07) is -2.33. The molecule has 0 spiro atoms. The maximum Gasteiger partial charge on any atom is 0.320 e. The van der Waals surface area contributed by atoms with Crippen LogP contribution in [0, 0.1) is 0 Å². The van der Waals surface area contributed by atoms with Crippen LogP contribution in [0.25, 0.3) is 0 Å². The first-order chi connectivity index (χ1) is 21.3. The number of amides is 2. The molecule has 18 nitrogen and oxygen atoms in total. The van der Waals surface area contributed by atoms with Crippen molar-refractivity contribution < 1.29 is 73.9 Å². The van der Waals surface area contributed by atoms with Gasteiger partial charge in [-0.1, -0.05) is 0 Å². The van der Waals surface area contributed by atoms with Gasteiger partial charge in [0.1, 0.15) is 49.0 Å². The molecule has 18 heteroatoms. The highest BCUT2D eigenvalue weighted by Gasteiger charge is 2.43. The molecular weight excluding hydrogens is 606 g/mol. The molecule has 2 heterocycles. The van der Waals surface area contributed by atoms with Gasteiger partial charge in [-0.15, -0.1) is 0 Å². The zero-order chi connectivity index (χ0) is 33.7. The number of carbonyl (C=O) groups excluding carboxylic acids is 3. The molecular formula is C27H47N3O15. The number of carboxylic acid groups (broad SMARTS) is 1. The van der Waals surface area contributed by atoms with Crippen molar-refractivity contribution in [1.82, 2.24) is 16.0 Å². The lowest BCUT2D eigenvalue weighted by Crippen LogP contribution is -2.57. The number of aliphatic hydroxyl groups is 6. The highest BCUT2D eigenvalue weighted by atomic mass is 16.7. The zero-order valence-corrected chi connectivity index (χ0v) is 25.3. The van der Waals surface area contributed by atoms with Crippen LogP contribution in [0.3, 0.4) is 0 Å².